The van der Waals surface area contributed by atoms with Gasteiger partial charge in [0.2, 0.25) is 11.8 Å². The Morgan fingerprint density at radius 3 is 1.73 bits per heavy atom. The molecule has 0 saturated heterocycles. The molecule has 1 heterocycles. The molecule has 0 atom stereocenters. The zero-order chi connectivity index (χ0) is 31.6. The molecular weight excluding hydrogens is 608 g/mol. The summed E-state index contributed by atoms with van der Waals surface area (Å²) >= 11 is 0. The molecule has 0 spiro atoms. The van der Waals surface area contributed by atoms with E-state index in [-0.39, 0.29) is 13.0 Å². The third kappa shape index (κ3) is 6.23. The van der Waals surface area contributed by atoms with Crippen LogP contribution in [0.4, 0.5) is 70.2 Å². The lowest BCUT2D eigenvalue weighted by atomic mass is 9.90. The molecule has 0 unspecified atom stereocenters. The Balaban J connectivity index is 3.01. The van der Waals surface area contributed by atoms with E-state index in [2.05, 4.69) is 15.3 Å². The van der Waals surface area contributed by atoms with Crippen LogP contribution < -0.4 is 10.6 Å². The molecule has 230 valence electrons. The maximum atomic E-state index is 13.7. The summed E-state index contributed by atoms with van der Waals surface area (Å²) < 4.78 is 210. The SMILES string of the molecule is O=C(/C=C(/F)C(F)(F)C(F)(F)C(F)(F)C(F)(F)C(F)(F)C(F)(F)C(F)(F)F)NCCC(=O)NCCc1cnc[nH]1. The third-order valence-corrected chi connectivity index (χ3v) is 4.81. The number of hydrogen-bond donors (Lipinski definition) is 3. The van der Waals surface area contributed by atoms with Crippen molar-refractivity contribution in [1.82, 2.24) is 20.6 Å². The van der Waals surface area contributed by atoms with Gasteiger partial charge in [0.15, 0.2) is 5.83 Å². The van der Waals surface area contributed by atoms with Crippen LogP contribution >= 0.6 is 0 Å². The van der Waals surface area contributed by atoms with E-state index < -0.39 is 78.4 Å². The predicted octanol–water partition coefficient (Wildman–Crippen LogP) is 4.80. The van der Waals surface area contributed by atoms with Crippen LogP contribution in [-0.2, 0) is 16.0 Å². The first kappa shape index (κ1) is 34.8. The van der Waals surface area contributed by atoms with Crippen molar-refractivity contribution in [2.75, 3.05) is 13.1 Å². The lowest BCUT2D eigenvalue weighted by Crippen LogP contribution is -2.72. The van der Waals surface area contributed by atoms with Crippen molar-refractivity contribution in [3.8, 4) is 0 Å². The van der Waals surface area contributed by atoms with E-state index in [4.69, 9.17) is 0 Å². The Bertz CT molecular complexity index is 1070. The third-order valence-electron chi connectivity index (χ3n) is 4.81. The van der Waals surface area contributed by atoms with Crippen molar-refractivity contribution < 1.29 is 79.8 Å². The van der Waals surface area contributed by atoms with Crippen molar-refractivity contribution in [3.05, 3.63) is 30.1 Å². The smallest absolute Gasteiger partial charge is 0.356 e. The van der Waals surface area contributed by atoms with Gasteiger partial charge in [0.1, 0.15) is 0 Å². The summed E-state index contributed by atoms with van der Waals surface area (Å²) in [6, 6.07) is 0. The molecule has 0 aromatic carbocycles. The molecule has 6 nitrogen and oxygen atoms in total. The van der Waals surface area contributed by atoms with E-state index in [1.165, 1.54) is 17.8 Å². The van der Waals surface area contributed by atoms with Gasteiger partial charge in [0, 0.05) is 43.9 Å². The van der Waals surface area contributed by atoms with Gasteiger partial charge in [-0.25, -0.2) is 9.37 Å². The Hall–Kier alpha value is -3.23. The lowest BCUT2D eigenvalue weighted by Gasteiger charge is -2.41. The summed E-state index contributed by atoms with van der Waals surface area (Å²) in [7, 11) is 0. The second kappa shape index (κ2) is 11.3. The second-order valence-electron chi connectivity index (χ2n) is 7.65. The van der Waals surface area contributed by atoms with Crippen molar-refractivity contribution in [3.63, 3.8) is 0 Å². The summed E-state index contributed by atoms with van der Waals surface area (Å²) in [5, 5.41) is 3.67. The number of aromatic nitrogens is 2. The van der Waals surface area contributed by atoms with E-state index in [9.17, 15) is 79.8 Å². The Kier molecular flexibility index (Phi) is 9.86. The van der Waals surface area contributed by atoms with E-state index in [1.54, 1.807) is 0 Å². The van der Waals surface area contributed by atoms with Crippen LogP contribution in [0.15, 0.2) is 24.4 Å². The first-order valence-electron chi connectivity index (χ1n) is 10.0. The molecule has 0 bridgehead atoms. The number of rotatable bonds is 13. The number of aromatic amines is 1. The fourth-order valence-corrected chi connectivity index (χ4v) is 2.52. The highest BCUT2D eigenvalue weighted by Gasteiger charge is 2.93. The normalized spacial score (nSPS) is 14.8. The number of amides is 2. The number of alkyl halides is 15. The number of allylic oxidation sites excluding steroid dienone is 1. The number of hydrogen-bond acceptors (Lipinski definition) is 3. The maximum absolute atomic E-state index is 13.7. The molecule has 0 aliphatic carbocycles. The average molecular weight is 622 g/mol. The van der Waals surface area contributed by atoms with E-state index in [0.717, 1.165) is 0 Å². The average Bonchev–Trinajstić information content (AvgIpc) is 3.31. The van der Waals surface area contributed by atoms with Gasteiger partial charge in [-0.15, -0.1) is 0 Å². The van der Waals surface area contributed by atoms with Crippen LogP contribution in [-0.4, -0.2) is 76.6 Å². The molecule has 0 aliphatic heterocycles. The van der Waals surface area contributed by atoms with Gasteiger partial charge in [-0.1, -0.05) is 0 Å². The minimum atomic E-state index is -8.58. The van der Waals surface area contributed by atoms with Gasteiger partial charge >= 0.3 is 41.7 Å². The zero-order valence-electron chi connectivity index (χ0n) is 18.9. The van der Waals surface area contributed by atoms with Crippen LogP contribution in [0.25, 0.3) is 0 Å². The first-order valence-corrected chi connectivity index (χ1v) is 10.0. The molecule has 22 heteroatoms. The zero-order valence-corrected chi connectivity index (χ0v) is 18.9. The molecule has 0 fully saturated rings. The second-order valence-corrected chi connectivity index (χ2v) is 7.65. The number of imidazole rings is 1. The summed E-state index contributed by atoms with van der Waals surface area (Å²) in [4.78, 5) is 29.3. The van der Waals surface area contributed by atoms with E-state index in [1.807, 2.05) is 0 Å². The van der Waals surface area contributed by atoms with E-state index >= 15 is 0 Å². The minimum absolute atomic E-state index is 0.00238. The van der Waals surface area contributed by atoms with Gasteiger partial charge in [-0.3, -0.25) is 9.59 Å². The van der Waals surface area contributed by atoms with Crippen LogP contribution in [0, 0.1) is 0 Å². The van der Waals surface area contributed by atoms with Crippen molar-refractivity contribution in [2.45, 2.75) is 54.6 Å². The summed E-state index contributed by atoms with van der Waals surface area (Å²) in [5.74, 6) is -56.2. The van der Waals surface area contributed by atoms with Gasteiger partial charge in [-0.2, -0.15) is 65.9 Å². The molecule has 0 saturated carbocycles. The van der Waals surface area contributed by atoms with E-state index in [0.29, 0.717) is 5.69 Å². The fraction of sp³-hybridized carbons (Fsp3) is 0.611. The van der Waals surface area contributed by atoms with Gasteiger partial charge in [0.05, 0.1) is 6.33 Å². The van der Waals surface area contributed by atoms with Crippen molar-refractivity contribution >= 4 is 11.8 Å². The molecule has 1 aromatic rings. The summed E-state index contributed by atoms with van der Waals surface area (Å²) in [6.07, 6.45) is -6.77. The van der Waals surface area contributed by atoms with Gasteiger partial charge < -0.3 is 15.6 Å². The highest BCUT2D eigenvalue weighted by Crippen LogP contribution is 2.63. The molecule has 2 amide bonds. The standard InChI is InChI=1S/C18H14F16N4O2/c19-9(5-11(40)37-4-2-10(39)36-3-1-8-6-35-7-38-8)12(20,21)13(22,23)14(24,25)15(26,27)16(28,29)17(30,31)18(32,33)34/h5-7H,1-4H2,(H,35,38)(H,36,39)(H,37,40)/b9-5+. The van der Waals surface area contributed by atoms with Gasteiger partial charge in [0.25, 0.3) is 0 Å². The molecule has 1 aromatic heterocycles. The quantitative estimate of drug-likeness (QED) is 0.218. The Morgan fingerprint density at radius 2 is 1.25 bits per heavy atom. The monoisotopic (exact) mass is 622 g/mol. The Labute approximate surface area is 211 Å². The van der Waals surface area contributed by atoms with Crippen LogP contribution in [0.3, 0.4) is 0 Å². The predicted molar refractivity (Wildman–Crippen MR) is 97.9 cm³/mol. The topological polar surface area (TPSA) is 86.9 Å². The maximum Gasteiger partial charge on any atom is 0.460 e. The molecule has 40 heavy (non-hydrogen) atoms. The lowest BCUT2D eigenvalue weighted by molar-refractivity contribution is -0.450. The molecule has 3 N–H and O–H groups in total. The van der Waals surface area contributed by atoms with Crippen molar-refractivity contribution in [2.24, 2.45) is 0 Å². The Morgan fingerprint density at radius 1 is 0.750 bits per heavy atom. The number of nitrogens with one attached hydrogen (secondary N) is 3. The number of halogens is 16. The van der Waals surface area contributed by atoms with Crippen LogP contribution in [0.2, 0.25) is 0 Å². The minimum Gasteiger partial charge on any atom is -0.356 e. The molecule has 0 radical (unpaired) electrons. The van der Waals surface area contributed by atoms with Gasteiger partial charge in [-0.05, 0) is 0 Å². The molecular formula is C18H14F16N4O2. The highest BCUT2D eigenvalue weighted by atomic mass is 19.4. The number of H-pyrrole nitrogens is 1. The number of nitrogens with zero attached hydrogens (tertiary/aromatic N) is 1. The fourth-order valence-electron chi connectivity index (χ4n) is 2.52. The first-order chi connectivity index (χ1) is 17.8. The molecule has 0 aliphatic rings. The highest BCUT2D eigenvalue weighted by molar-refractivity contribution is 5.88. The van der Waals surface area contributed by atoms with Crippen molar-refractivity contribution in [1.29, 1.82) is 0 Å². The summed E-state index contributed by atoms with van der Waals surface area (Å²) in [5.41, 5.74) is 0.577. The van der Waals surface area contributed by atoms with Crippen LogP contribution in [0.5, 0.6) is 0 Å². The molecule has 1 rings (SSSR count). The largest absolute Gasteiger partial charge is 0.460 e. The summed E-state index contributed by atoms with van der Waals surface area (Å²) in [6.45, 7) is -0.856. The number of carbonyl (C=O) groups is 2. The number of carbonyl (C=O) groups excluding carboxylic acids is 2. The van der Waals surface area contributed by atoms with Crippen LogP contribution in [0.1, 0.15) is 12.1 Å².